The van der Waals surface area contributed by atoms with Gasteiger partial charge in [0.2, 0.25) is 12.5 Å². The van der Waals surface area contributed by atoms with Gasteiger partial charge in [-0.3, -0.25) is 14.9 Å². The fraction of sp³-hybridized carbons (Fsp3) is 0.889. The zero-order chi connectivity index (χ0) is 13.9. The fourth-order valence-electron chi connectivity index (χ4n) is 1.91. The van der Waals surface area contributed by atoms with Crippen molar-refractivity contribution in [3.8, 4) is 0 Å². The van der Waals surface area contributed by atoms with E-state index in [1.54, 1.807) is 0 Å². The van der Waals surface area contributed by atoms with Crippen LogP contribution in [0.3, 0.4) is 0 Å². The Kier molecular flexibility index (Phi) is 4.96. The number of carbonyl (C=O) groups excluding carboxylic acids is 1. The van der Waals surface area contributed by atoms with Crippen molar-refractivity contribution in [2.75, 3.05) is 13.2 Å². The molecule has 0 aromatic heterocycles. The first-order valence-electron chi connectivity index (χ1n) is 5.38. The van der Waals surface area contributed by atoms with Gasteiger partial charge in [0.1, 0.15) is 24.4 Å². The van der Waals surface area contributed by atoms with Crippen molar-refractivity contribution in [2.45, 2.75) is 37.4 Å². The van der Waals surface area contributed by atoms with Gasteiger partial charge in [-0.15, -0.1) is 0 Å². The van der Waals surface area contributed by atoms with Crippen molar-refractivity contribution < 1.29 is 29.8 Å². The van der Waals surface area contributed by atoms with Gasteiger partial charge in [0, 0.05) is 11.8 Å². The average Bonchev–Trinajstić information content (AvgIpc) is 2.27. The topological polar surface area (TPSA) is 142 Å². The number of nitro groups is 1. The van der Waals surface area contributed by atoms with E-state index in [9.17, 15) is 25.1 Å². The predicted octanol–water partition coefficient (Wildman–Crippen LogP) is -2.75. The van der Waals surface area contributed by atoms with Gasteiger partial charge in [-0.2, -0.15) is 0 Å². The summed E-state index contributed by atoms with van der Waals surface area (Å²) in [6.07, 6.45) is -5.09. The SMILES string of the molecule is CC(=O)NC1C(C[N+](=O)[O-])OC(CO)C(O)C1O. The normalized spacial score (nSPS) is 36.1. The van der Waals surface area contributed by atoms with Gasteiger partial charge >= 0.3 is 0 Å². The Balaban J connectivity index is 2.86. The van der Waals surface area contributed by atoms with Crippen LogP contribution in [0.25, 0.3) is 0 Å². The van der Waals surface area contributed by atoms with Crippen molar-refractivity contribution in [2.24, 2.45) is 0 Å². The molecule has 9 heteroatoms. The molecule has 1 aliphatic rings. The minimum Gasteiger partial charge on any atom is -0.394 e. The Hall–Kier alpha value is -1.29. The summed E-state index contributed by atoms with van der Waals surface area (Å²) in [5, 5.41) is 41.1. The van der Waals surface area contributed by atoms with Crippen molar-refractivity contribution in [3.05, 3.63) is 10.1 Å². The number of amides is 1. The minimum atomic E-state index is -1.44. The zero-order valence-electron chi connectivity index (χ0n) is 9.72. The molecule has 0 radical (unpaired) electrons. The van der Waals surface area contributed by atoms with Crippen LogP contribution in [0.4, 0.5) is 0 Å². The predicted molar refractivity (Wildman–Crippen MR) is 57.2 cm³/mol. The Bertz CT molecular complexity index is 324. The molecule has 1 saturated heterocycles. The Labute approximate surface area is 103 Å². The molecule has 0 aliphatic carbocycles. The summed E-state index contributed by atoms with van der Waals surface area (Å²) >= 11 is 0. The Morgan fingerprint density at radius 3 is 2.44 bits per heavy atom. The molecule has 4 N–H and O–H groups in total. The summed E-state index contributed by atoms with van der Waals surface area (Å²) in [6.45, 7) is -0.0507. The maximum Gasteiger partial charge on any atom is 0.231 e. The molecule has 1 amide bonds. The minimum absolute atomic E-state index is 0.509. The lowest BCUT2D eigenvalue weighted by Gasteiger charge is -2.41. The van der Waals surface area contributed by atoms with E-state index in [0.29, 0.717) is 0 Å². The highest BCUT2D eigenvalue weighted by molar-refractivity contribution is 5.73. The summed E-state index contributed by atoms with van der Waals surface area (Å²) in [4.78, 5) is 20.8. The number of nitrogens with one attached hydrogen (secondary N) is 1. The van der Waals surface area contributed by atoms with E-state index in [0.717, 1.165) is 0 Å². The van der Waals surface area contributed by atoms with Crippen LogP contribution in [0.2, 0.25) is 0 Å². The van der Waals surface area contributed by atoms with E-state index >= 15 is 0 Å². The first kappa shape index (κ1) is 14.8. The molecule has 0 aromatic carbocycles. The second-order valence-electron chi connectivity index (χ2n) is 4.12. The molecule has 5 atom stereocenters. The smallest absolute Gasteiger partial charge is 0.231 e. The third-order valence-corrected chi connectivity index (χ3v) is 2.73. The Morgan fingerprint density at radius 1 is 1.39 bits per heavy atom. The highest BCUT2D eigenvalue weighted by Gasteiger charge is 2.46. The third-order valence-electron chi connectivity index (χ3n) is 2.73. The maximum absolute atomic E-state index is 11.0. The van der Waals surface area contributed by atoms with Crippen molar-refractivity contribution in [1.82, 2.24) is 5.32 Å². The van der Waals surface area contributed by atoms with Crippen LogP contribution in [-0.4, -0.2) is 69.8 Å². The third kappa shape index (κ3) is 3.35. The van der Waals surface area contributed by atoms with Gasteiger partial charge < -0.3 is 25.4 Å². The molecule has 0 aromatic rings. The van der Waals surface area contributed by atoms with E-state index in [2.05, 4.69) is 5.32 Å². The van der Waals surface area contributed by atoms with Gasteiger partial charge in [0.25, 0.3) is 0 Å². The van der Waals surface area contributed by atoms with E-state index in [1.807, 2.05) is 0 Å². The largest absolute Gasteiger partial charge is 0.394 e. The van der Waals surface area contributed by atoms with Crippen LogP contribution >= 0.6 is 0 Å². The number of rotatable bonds is 4. The molecule has 1 heterocycles. The Morgan fingerprint density at radius 2 is 2.00 bits per heavy atom. The average molecular weight is 264 g/mol. The number of aliphatic hydroxyl groups is 3. The van der Waals surface area contributed by atoms with Crippen LogP contribution in [0.5, 0.6) is 0 Å². The first-order valence-corrected chi connectivity index (χ1v) is 5.38. The van der Waals surface area contributed by atoms with Crippen LogP contribution in [0.1, 0.15) is 6.92 Å². The highest BCUT2D eigenvalue weighted by Crippen LogP contribution is 2.21. The molecular weight excluding hydrogens is 248 g/mol. The molecular formula is C9H16N2O7. The lowest BCUT2D eigenvalue weighted by atomic mass is 9.92. The van der Waals surface area contributed by atoms with Crippen molar-refractivity contribution in [3.63, 3.8) is 0 Å². The molecule has 1 fully saturated rings. The van der Waals surface area contributed by atoms with Gasteiger partial charge in [-0.05, 0) is 0 Å². The number of carbonyl (C=O) groups is 1. The fourth-order valence-corrected chi connectivity index (χ4v) is 1.91. The van der Waals surface area contributed by atoms with E-state index < -0.39 is 54.4 Å². The first-order chi connectivity index (χ1) is 8.36. The molecule has 18 heavy (non-hydrogen) atoms. The molecule has 0 bridgehead atoms. The summed E-state index contributed by atoms with van der Waals surface area (Å²) < 4.78 is 5.13. The van der Waals surface area contributed by atoms with Crippen molar-refractivity contribution in [1.29, 1.82) is 0 Å². The highest BCUT2D eigenvalue weighted by atomic mass is 16.6. The summed E-state index contributed by atoms with van der Waals surface area (Å²) in [5.74, 6) is -0.509. The van der Waals surface area contributed by atoms with E-state index in [-0.39, 0.29) is 0 Å². The van der Waals surface area contributed by atoms with E-state index in [4.69, 9.17) is 9.84 Å². The second kappa shape index (κ2) is 6.05. The van der Waals surface area contributed by atoms with Gasteiger partial charge in [-0.25, -0.2) is 0 Å². The summed E-state index contributed by atoms with van der Waals surface area (Å²) in [6, 6.07) is -1.09. The molecule has 1 aliphatic heterocycles. The van der Waals surface area contributed by atoms with Crippen LogP contribution in [0, 0.1) is 10.1 Å². The summed E-state index contributed by atoms with van der Waals surface area (Å²) in [7, 11) is 0. The number of aliphatic hydroxyl groups excluding tert-OH is 3. The number of hydrogen-bond donors (Lipinski definition) is 4. The monoisotopic (exact) mass is 264 g/mol. The molecule has 0 spiro atoms. The quantitative estimate of drug-likeness (QED) is 0.318. The van der Waals surface area contributed by atoms with Crippen molar-refractivity contribution >= 4 is 5.91 Å². The molecule has 0 saturated carbocycles. The summed E-state index contributed by atoms with van der Waals surface area (Å²) in [5.41, 5.74) is 0. The van der Waals surface area contributed by atoms with Crippen LogP contribution < -0.4 is 5.32 Å². The molecule has 1 rings (SSSR count). The number of hydrogen-bond acceptors (Lipinski definition) is 7. The molecule has 104 valence electrons. The lowest BCUT2D eigenvalue weighted by Crippen LogP contribution is -2.65. The van der Waals surface area contributed by atoms with E-state index in [1.165, 1.54) is 6.92 Å². The second-order valence-corrected chi connectivity index (χ2v) is 4.12. The number of nitrogens with zero attached hydrogens (tertiary/aromatic N) is 1. The van der Waals surface area contributed by atoms with Crippen LogP contribution in [-0.2, 0) is 9.53 Å². The number of ether oxygens (including phenoxy) is 1. The molecule has 9 nitrogen and oxygen atoms in total. The standard InChI is InChI=1S/C9H16N2O7/c1-4(13)10-7-5(2-11(16)17)18-6(3-12)8(14)9(7)15/h5-9,12,14-15H,2-3H2,1H3,(H,10,13). The zero-order valence-corrected chi connectivity index (χ0v) is 9.72. The maximum atomic E-state index is 11.0. The van der Waals surface area contributed by atoms with Gasteiger partial charge in [0.15, 0.2) is 0 Å². The lowest BCUT2D eigenvalue weighted by molar-refractivity contribution is -0.496. The van der Waals surface area contributed by atoms with Crippen LogP contribution in [0.15, 0.2) is 0 Å². The van der Waals surface area contributed by atoms with Gasteiger partial charge in [0.05, 0.1) is 12.6 Å². The molecule has 5 unspecified atom stereocenters. The van der Waals surface area contributed by atoms with Gasteiger partial charge in [-0.1, -0.05) is 0 Å².